The van der Waals surface area contributed by atoms with E-state index in [-0.39, 0.29) is 5.69 Å². The molecule has 0 saturated carbocycles. The molecule has 0 fully saturated rings. The van der Waals surface area contributed by atoms with Crippen LogP contribution in [-0.2, 0) is 11.2 Å². The lowest BCUT2D eigenvalue weighted by Crippen LogP contribution is -1.90. The van der Waals surface area contributed by atoms with Crippen LogP contribution in [0.2, 0.25) is 0 Å². The first-order valence-electron chi connectivity index (χ1n) is 5.62. The van der Waals surface area contributed by atoms with Crippen molar-refractivity contribution in [2.24, 2.45) is 0 Å². The highest BCUT2D eigenvalue weighted by Gasteiger charge is 2.04. The average molecular weight is 243 g/mol. The summed E-state index contributed by atoms with van der Waals surface area (Å²) in [5, 5.41) is 10.5. The maximum absolute atomic E-state index is 10.5. The number of nitro groups is 1. The summed E-state index contributed by atoms with van der Waals surface area (Å²) in [7, 11) is 0. The third kappa shape index (κ3) is 3.09. The largest absolute Gasteiger partial charge is 0.496 e. The van der Waals surface area contributed by atoms with Gasteiger partial charge >= 0.3 is 0 Å². The molecule has 1 aliphatic rings. The van der Waals surface area contributed by atoms with E-state index in [0.717, 1.165) is 23.1 Å². The number of hydrogen-bond donors (Lipinski definition) is 0. The minimum atomic E-state index is -0.394. The normalized spacial score (nSPS) is 13.1. The number of benzene rings is 1. The second-order valence-corrected chi connectivity index (χ2v) is 4.14. The molecule has 0 saturated heterocycles. The maximum atomic E-state index is 10.5. The molecule has 2 rings (SSSR count). The van der Waals surface area contributed by atoms with Crippen LogP contribution in [0.5, 0.6) is 0 Å². The smallest absolute Gasteiger partial charge is 0.269 e. The highest BCUT2D eigenvalue weighted by atomic mass is 16.6. The molecule has 0 unspecified atom stereocenters. The van der Waals surface area contributed by atoms with E-state index in [1.165, 1.54) is 12.1 Å². The second kappa shape index (κ2) is 5.34. The zero-order valence-electron chi connectivity index (χ0n) is 10.1. The summed E-state index contributed by atoms with van der Waals surface area (Å²) in [4.78, 5) is 10.1. The molecule has 0 aliphatic carbocycles. The second-order valence-electron chi connectivity index (χ2n) is 4.14. The Morgan fingerprint density at radius 3 is 2.72 bits per heavy atom. The van der Waals surface area contributed by atoms with E-state index in [1.807, 2.05) is 13.0 Å². The van der Waals surface area contributed by atoms with Gasteiger partial charge < -0.3 is 4.74 Å². The average Bonchev–Trinajstić information content (AvgIpc) is 2.82. The van der Waals surface area contributed by atoms with Crippen molar-refractivity contribution < 1.29 is 9.66 Å². The summed E-state index contributed by atoms with van der Waals surface area (Å²) in [6.07, 6.45) is 4.27. The van der Waals surface area contributed by atoms with E-state index in [2.05, 4.69) is 5.73 Å². The van der Waals surface area contributed by atoms with E-state index in [0.29, 0.717) is 6.61 Å². The molecule has 0 bridgehead atoms. The molecule has 1 heterocycles. The number of nitrogens with zero attached hydrogens (tertiary/aromatic N) is 1. The van der Waals surface area contributed by atoms with Crippen molar-refractivity contribution in [2.45, 2.75) is 13.3 Å². The molecular formula is C14H13NO3. The van der Waals surface area contributed by atoms with Gasteiger partial charge in [-0.2, -0.15) is 0 Å². The maximum Gasteiger partial charge on any atom is 0.269 e. The van der Waals surface area contributed by atoms with Crippen molar-refractivity contribution in [3.8, 4) is 0 Å². The van der Waals surface area contributed by atoms with E-state index in [1.54, 1.807) is 18.4 Å². The quantitative estimate of drug-likeness (QED) is 0.465. The Kier molecular flexibility index (Phi) is 3.60. The molecule has 4 heteroatoms. The Morgan fingerprint density at radius 1 is 1.44 bits per heavy atom. The molecule has 92 valence electrons. The van der Waals surface area contributed by atoms with E-state index in [4.69, 9.17) is 4.74 Å². The minimum Gasteiger partial charge on any atom is -0.496 e. The van der Waals surface area contributed by atoms with Gasteiger partial charge in [0.1, 0.15) is 6.61 Å². The first kappa shape index (κ1) is 12.1. The molecule has 1 aromatic carbocycles. The van der Waals surface area contributed by atoms with Gasteiger partial charge in [-0.25, -0.2) is 0 Å². The predicted molar refractivity (Wildman–Crippen MR) is 68.1 cm³/mol. The first-order valence-corrected chi connectivity index (χ1v) is 5.62. The Bertz CT molecular complexity index is 549. The van der Waals surface area contributed by atoms with Crippen molar-refractivity contribution in [2.75, 3.05) is 6.61 Å². The Labute approximate surface area is 105 Å². The molecule has 0 spiro atoms. The summed E-state index contributed by atoms with van der Waals surface area (Å²) in [6, 6.07) is 6.59. The van der Waals surface area contributed by atoms with Gasteiger partial charge in [0.15, 0.2) is 0 Å². The lowest BCUT2D eigenvalue weighted by Gasteiger charge is -1.99. The SMILES string of the molecule is CC(=C=C1C=COC1)Cc1ccc([N+](=O)[O-])cc1. The summed E-state index contributed by atoms with van der Waals surface area (Å²) in [6.45, 7) is 2.55. The van der Waals surface area contributed by atoms with Crippen LogP contribution >= 0.6 is 0 Å². The van der Waals surface area contributed by atoms with E-state index in [9.17, 15) is 10.1 Å². The van der Waals surface area contributed by atoms with Crippen LogP contribution in [0.1, 0.15) is 12.5 Å². The minimum absolute atomic E-state index is 0.117. The predicted octanol–water partition coefficient (Wildman–Crippen LogP) is 3.15. The van der Waals surface area contributed by atoms with Gasteiger partial charge in [0, 0.05) is 24.1 Å². The van der Waals surface area contributed by atoms with Gasteiger partial charge in [-0.05, 0) is 24.1 Å². The van der Waals surface area contributed by atoms with Crippen molar-refractivity contribution in [3.63, 3.8) is 0 Å². The first-order chi connectivity index (χ1) is 8.65. The molecule has 0 radical (unpaired) electrons. The van der Waals surface area contributed by atoms with Gasteiger partial charge in [-0.15, -0.1) is 5.73 Å². The fourth-order valence-electron chi connectivity index (χ4n) is 1.75. The zero-order valence-corrected chi connectivity index (χ0v) is 10.1. The number of rotatable bonds is 3. The Balaban J connectivity index is 2.12. The monoisotopic (exact) mass is 243 g/mol. The molecule has 1 aromatic rings. The standard InChI is InChI=1S/C14H13NO3/c1-11(9-13-6-7-18-10-13)8-12-2-4-14(5-3-12)15(16)17/h2-7H,8,10H2,1H3. The molecule has 0 N–H and O–H groups in total. The topological polar surface area (TPSA) is 52.4 Å². The van der Waals surface area contributed by atoms with Crippen LogP contribution < -0.4 is 0 Å². The van der Waals surface area contributed by atoms with Crippen LogP contribution in [0.15, 0.2) is 53.5 Å². The molecule has 0 atom stereocenters. The molecule has 0 amide bonds. The van der Waals surface area contributed by atoms with Crippen molar-refractivity contribution in [3.05, 3.63) is 69.2 Å². The van der Waals surface area contributed by atoms with Crippen molar-refractivity contribution >= 4 is 5.69 Å². The number of nitro benzene ring substituents is 1. The summed E-state index contributed by atoms with van der Waals surface area (Å²) >= 11 is 0. The van der Waals surface area contributed by atoms with Gasteiger partial charge in [-0.1, -0.05) is 12.1 Å². The Morgan fingerprint density at radius 2 is 2.17 bits per heavy atom. The van der Waals surface area contributed by atoms with E-state index >= 15 is 0 Å². The van der Waals surface area contributed by atoms with Crippen molar-refractivity contribution in [1.82, 2.24) is 0 Å². The van der Waals surface area contributed by atoms with Crippen LogP contribution in [0.25, 0.3) is 0 Å². The summed E-state index contributed by atoms with van der Waals surface area (Å²) < 4.78 is 5.08. The molecular weight excluding hydrogens is 230 g/mol. The lowest BCUT2D eigenvalue weighted by atomic mass is 10.1. The van der Waals surface area contributed by atoms with Gasteiger partial charge in [-0.3, -0.25) is 10.1 Å². The summed E-state index contributed by atoms with van der Waals surface area (Å²) in [5.74, 6) is 0. The fraction of sp³-hybridized carbons (Fsp3) is 0.214. The van der Waals surface area contributed by atoms with Crippen LogP contribution in [0, 0.1) is 10.1 Å². The number of hydrogen-bond acceptors (Lipinski definition) is 3. The van der Waals surface area contributed by atoms with Crippen LogP contribution in [-0.4, -0.2) is 11.5 Å². The van der Waals surface area contributed by atoms with Gasteiger partial charge in [0.05, 0.1) is 11.2 Å². The van der Waals surface area contributed by atoms with Gasteiger partial charge in [0.25, 0.3) is 5.69 Å². The third-order valence-corrected chi connectivity index (χ3v) is 2.59. The van der Waals surface area contributed by atoms with Crippen LogP contribution in [0.3, 0.4) is 0 Å². The highest BCUT2D eigenvalue weighted by molar-refractivity contribution is 5.35. The third-order valence-electron chi connectivity index (χ3n) is 2.59. The molecule has 4 nitrogen and oxygen atoms in total. The number of ether oxygens (including phenoxy) is 1. The number of non-ortho nitro benzene ring substituents is 1. The van der Waals surface area contributed by atoms with E-state index < -0.39 is 4.92 Å². The Hall–Kier alpha value is -2.32. The summed E-state index contributed by atoms with van der Waals surface area (Å²) in [5.41, 5.74) is 6.51. The molecule has 0 aromatic heterocycles. The molecule has 18 heavy (non-hydrogen) atoms. The molecule has 1 aliphatic heterocycles. The highest BCUT2D eigenvalue weighted by Crippen LogP contribution is 2.15. The van der Waals surface area contributed by atoms with Crippen LogP contribution in [0.4, 0.5) is 5.69 Å². The zero-order chi connectivity index (χ0) is 13.0. The van der Waals surface area contributed by atoms with Gasteiger partial charge in [0.2, 0.25) is 0 Å². The fourth-order valence-corrected chi connectivity index (χ4v) is 1.75. The van der Waals surface area contributed by atoms with Crippen molar-refractivity contribution in [1.29, 1.82) is 0 Å². The lowest BCUT2D eigenvalue weighted by molar-refractivity contribution is -0.384.